The molecule has 1 aromatic heterocycles. The molecule has 0 spiro atoms. The van der Waals surface area contributed by atoms with Crippen molar-refractivity contribution in [2.45, 2.75) is 45.2 Å². The highest BCUT2D eigenvalue weighted by Crippen LogP contribution is 2.28. The molecule has 0 aliphatic carbocycles. The molecule has 19 heavy (non-hydrogen) atoms. The lowest BCUT2D eigenvalue weighted by Crippen LogP contribution is -2.36. The van der Waals surface area contributed by atoms with Gasteiger partial charge in [-0.2, -0.15) is 0 Å². The summed E-state index contributed by atoms with van der Waals surface area (Å²) in [7, 11) is 0. The molecule has 5 heteroatoms. The normalized spacial score (nSPS) is 26.3. The quantitative estimate of drug-likeness (QED) is 0.895. The monoisotopic (exact) mass is 262 g/mol. The highest BCUT2D eigenvalue weighted by molar-refractivity contribution is 5.50. The van der Waals surface area contributed by atoms with Crippen molar-refractivity contribution in [1.29, 1.82) is 0 Å². The third-order valence-electron chi connectivity index (χ3n) is 4.12. The number of hydrogen-bond donors (Lipinski definition) is 1. The molecule has 3 heterocycles. The SMILES string of the molecule is CCOc1ncnc(N2CCC3CCC(C2)N3)c1C. The first kappa shape index (κ1) is 12.7. The van der Waals surface area contributed by atoms with E-state index >= 15 is 0 Å². The Morgan fingerprint density at radius 2 is 2.16 bits per heavy atom. The van der Waals surface area contributed by atoms with E-state index in [1.165, 1.54) is 19.3 Å². The molecular formula is C14H22N4O. The van der Waals surface area contributed by atoms with E-state index in [2.05, 4.69) is 27.1 Å². The number of fused-ring (bicyclic) bond motifs is 2. The third kappa shape index (κ3) is 2.52. The molecule has 5 nitrogen and oxygen atoms in total. The Morgan fingerprint density at radius 1 is 1.32 bits per heavy atom. The van der Waals surface area contributed by atoms with Crippen molar-refractivity contribution in [3.05, 3.63) is 11.9 Å². The van der Waals surface area contributed by atoms with E-state index in [-0.39, 0.29) is 0 Å². The Kier molecular flexibility index (Phi) is 3.55. The summed E-state index contributed by atoms with van der Waals surface area (Å²) in [5.74, 6) is 1.75. The smallest absolute Gasteiger partial charge is 0.221 e. The summed E-state index contributed by atoms with van der Waals surface area (Å²) >= 11 is 0. The minimum absolute atomic E-state index is 0.609. The van der Waals surface area contributed by atoms with E-state index in [0.29, 0.717) is 18.7 Å². The van der Waals surface area contributed by atoms with Crippen molar-refractivity contribution < 1.29 is 4.74 Å². The zero-order valence-electron chi connectivity index (χ0n) is 11.7. The lowest BCUT2D eigenvalue weighted by molar-refractivity contribution is 0.323. The van der Waals surface area contributed by atoms with Gasteiger partial charge in [0.2, 0.25) is 5.88 Å². The maximum Gasteiger partial charge on any atom is 0.221 e. The lowest BCUT2D eigenvalue weighted by Gasteiger charge is -2.26. The predicted octanol–water partition coefficient (Wildman–Crippen LogP) is 1.51. The summed E-state index contributed by atoms with van der Waals surface area (Å²) in [5.41, 5.74) is 1.06. The van der Waals surface area contributed by atoms with E-state index in [4.69, 9.17) is 4.74 Å². The van der Waals surface area contributed by atoms with Gasteiger partial charge in [0.1, 0.15) is 12.1 Å². The van der Waals surface area contributed by atoms with Gasteiger partial charge in [0.05, 0.1) is 12.2 Å². The summed E-state index contributed by atoms with van der Waals surface area (Å²) in [5, 5.41) is 3.70. The van der Waals surface area contributed by atoms with Crippen LogP contribution in [0.15, 0.2) is 6.33 Å². The van der Waals surface area contributed by atoms with Gasteiger partial charge in [-0.15, -0.1) is 0 Å². The first-order valence-corrected chi connectivity index (χ1v) is 7.23. The van der Waals surface area contributed by atoms with Crippen molar-refractivity contribution in [3.63, 3.8) is 0 Å². The van der Waals surface area contributed by atoms with Crippen LogP contribution in [0.1, 0.15) is 31.7 Å². The number of hydrogen-bond acceptors (Lipinski definition) is 5. The topological polar surface area (TPSA) is 50.3 Å². The van der Waals surface area contributed by atoms with Crippen LogP contribution in [0.25, 0.3) is 0 Å². The molecule has 2 bridgehead atoms. The van der Waals surface area contributed by atoms with Crippen LogP contribution >= 0.6 is 0 Å². The van der Waals surface area contributed by atoms with Crippen LogP contribution in [-0.4, -0.2) is 41.7 Å². The Hall–Kier alpha value is -1.36. The van der Waals surface area contributed by atoms with E-state index < -0.39 is 0 Å². The van der Waals surface area contributed by atoms with Crippen molar-refractivity contribution >= 4 is 5.82 Å². The van der Waals surface area contributed by atoms with Gasteiger partial charge in [0.15, 0.2) is 0 Å². The van der Waals surface area contributed by atoms with Gasteiger partial charge < -0.3 is 15.0 Å². The van der Waals surface area contributed by atoms with Gasteiger partial charge in [-0.1, -0.05) is 0 Å². The van der Waals surface area contributed by atoms with Gasteiger partial charge in [-0.25, -0.2) is 9.97 Å². The Morgan fingerprint density at radius 3 is 3.00 bits per heavy atom. The highest BCUT2D eigenvalue weighted by Gasteiger charge is 2.30. The molecule has 0 saturated carbocycles. The summed E-state index contributed by atoms with van der Waals surface area (Å²) in [6.07, 6.45) is 5.42. The van der Waals surface area contributed by atoms with Gasteiger partial charge >= 0.3 is 0 Å². The van der Waals surface area contributed by atoms with Gasteiger partial charge in [0, 0.05) is 25.2 Å². The molecule has 1 aromatic rings. The first-order valence-electron chi connectivity index (χ1n) is 7.23. The first-order chi connectivity index (χ1) is 9.28. The van der Waals surface area contributed by atoms with Gasteiger partial charge in [-0.3, -0.25) is 0 Å². The molecule has 104 valence electrons. The predicted molar refractivity (Wildman–Crippen MR) is 74.7 cm³/mol. The number of nitrogens with one attached hydrogen (secondary N) is 1. The van der Waals surface area contributed by atoms with Gasteiger partial charge in [0.25, 0.3) is 0 Å². The summed E-state index contributed by atoms with van der Waals surface area (Å²) in [4.78, 5) is 11.1. The van der Waals surface area contributed by atoms with E-state index in [0.717, 1.165) is 30.4 Å². The molecule has 3 rings (SSSR count). The van der Waals surface area contributed by atoms with Crippen LogP contribution in [0.4, 0.5) is 5.82 Å². The molecule has 2 aliphatic rings. The van der Waals surface area contributed by atoms with Gasteiger partial charge in [-0.05, 0) is 33.1 Å². The zero-order chi connectivity index (χ0) is 13.2. The third-order valence-corrected chi connectivity index (χ3v) is 4.12. The molecule has 2 unspecified atom stereocenters. The van der Waals surface area contributed by atoms with Crippen LogP contribution in [-0.2, 0) is 0 Å². The maximum absolute atomic E-state index is 5.57. The minimum Gasteiger partial charge on any atom is -0.478 e. The van der Waals surface area contributed by atoms with E-state index in [9.17, 15) is 0 Å². The maximum atomic E-state index is 5.57. The molecule has 2 fully saturated rings. The molecule has 0 radical (unpaired) electrons. The molecule has 0 amide bonds. The van der Waals surface area contributed by atoms with E-state index in [1.807, 2.05) is 6.92 Å². The summed E-state index contributed by atoms with van der Waals surface area (Å²) in [6.45, 7) is 6.79. The Balaban J connectivity index is 1.83. The van der Waals surface area contributed by atoms with Crippen LogP contribution in [0.2, 0.25) is 0 Å². The molecule has 2 aliphatic heterocycles. The minimum atomic E-state index is 0.609. The fraction of sp³-hybridized carbons (Fsp3) is 0.714. The second kappa shape index (κ2) is 5.33. The Labute approximate surface area is 114 Å². The van der Waals surface area contributed by atoms with Crippen LogP contribution in [0, 0.1) is 6.92 Å². The highest BCUT2D eigenvalue weighted by atomic mass is 16.5. The number of aromatic nitrogens is 2. The number of nitrogens with zero attached hydrogens (tertiary/aromatic N) is 3. The summed E-state index contributed by atoms with van der Waals surface area (Å²) in [6, 6.07) is 1.31. The Bertz CT molecular complexity index is 451. The average molecular weight is 262 g/mol. The zero-order valence-corrected chi connectivity index (χ0v) is 11.7. The van der Waals surface area contributed by atoms with E-state index in [1.54, 1.807) is 6.33 Å². The summed E-state index contributed by atoms with van der Waals surface area (Å²) < 4.78 is 5.57. The number of rotatable bonds is 3. The number of anilines is 1. The number of ether oxygens (including phenoxy) is 1. The van der Waals surface area contributed by atoms with Crippen molar-refractivity contribution in [2.75, 3.05) is 24.6 Å². The fourth-order valence-electron chi connectivity index (χ4n) is 3.16. The van der Waals surface area contributed by atoms with Crippen LogP contribution in [0.3, 0.4) is 0 Å². The van der Waals surface area contributed by atoms with Crippen molar-refractivity contribution in [2.24, 2.45) is 0 Å². The van der Waals surface area contributed by atoms with Crippen molar-refractivity contribution in [1.82, 2.24) is 15.3 Å². The molecule has 1 N–H and O–H groups in total. The van der Waals surface area contributed by atoms with Crippen molar-refractivity contribution in [3.8, 4) is 5.88 Å². The molecule has 2 atom stereocenters. The molecule has 2 saturated heterocycles. The average Bonchev–Trinajstić information content (AvgIpc) is 2.73. The van der Waals surface area contributed by atoms with Crippen LogP contribution < -0.4 is 15.0 Å². The van der Waals surface area contributed by atoms with Crippen LogP contribution in [0.5, 0.6) is 5.88 Å². The molecular weight excluding hydrogens is 240 g/mol. The second-order valence-electron chi connectivity index (χ2n) is 5.43. The largest absolute Gasteiger partial charge is 0.478 e. The lowest BCUT2D eigenvalue weighted by atomic mass is 10.1. The molecule has 0 aromatic carbocycles. The standard InChI is InChI=1S/C14H22N4O/c1-3-19-14-10(2)13(15-9-16-14)18-7-6-11-4-5-12(8-18)17-11/h9,11-12,17H,3-8H2,1-2H3. The second-order valence-corrected chi connectivity index (χ2v) is 5.43. The fourth-order valence-corrected chi connectivity index (χ4v) is 3.16.